The second kappa shape index (κ2) is 13.6. The smallest absolute Gasteiger partial charge is 0.216 e. The summed E-state index contributed by atoms with van der Waals surface area (Å²) < 4.78 is 15.9. The summed E-state index contributed by atoms with van der Waals surface area (Å²) in [6.45, 7) is 0.584. The molecule has 6 aromatic rings. The molecule has 218 valence electrons. The normalized spacial score (nSPS) is 11.4. The molecular formula is C30H24N10O2S2. The van der Waals surface area contributed by atoms with Crippen molar-refractivity contribution in [2.75, 3.05) is 13.2 Å². The minimum Gasteiger partial charge on any atom is -0.489 e. The molecule has 0 aliphatic heterocycles. The van der Waals surface area contributed by atoms with E-state index in [9.17, 15) is 0 Å². The predicted molar refractivity (Wildman–Crippen MR) is 171 cm³/mol. The number of nitrogens with one attached hydrogen (secondary N) is 2. The summed E-state index contributed by atoms with van der Waals surface area (Å²) >= 11 is 10.8. The van der Waals surface area contributed by atoms with Gasteiger partial charge in [-0.15, -0.1) is 0 Å². The number of H-pyrrole nitrogens is 2. The lowest BCUT2D eigenvalue weighted by atomic mass is 10.2. The van der Waals surface area contributed by atoms with E-state index >= 15 is 0 Å². The number of hydrogen-bond donors (Lipinski definition) is 2. The van der Waals surface area contributed by atoms with E-state index in [1.165, 1.54) is 0 Å². The lowest BCUT2D eigenvalue weighted by molar-refractivity contribution is 0.217. The lowest BCUT2D eigenvalue weighted by Gasteiger charge is -2.11. The Morgan fingerprint density at radius 1 is 0.636 bits per heavy atom. The van der Waals surface area contributed by atoms with Crippen LogP contribution in [0.3, 0.4) is 0 Å². The number of pyridine rings is 2. The number of rotatable bonds is 11. The summed E-state index contributed by atoms with van der Waals surface area (Å²) in [7, 11) is 0. The summed E-state index contributed by atoms with van der Waals surface area (Å²) in [5, 5.41) is 23.2. The molecule has 2 N–H and O–H groups in total. The number of aromatic amines is 2. The Balaban J connectivity index is 1.12. The molecule has 0 unspecified atom stereocenters. The highest BCUT2D eigenvalue weighted by Crippen LogP contribution is 2.20. The van der Waals surface area contributed by atoms with Gasteiger partial charge in [0.2, 0.25) is 9.54 Å². The quantitative estimate of drug-likeness (QED) is 0.109. The maximum atomic E-state index is 6.06. The molecule has 2 aromatic carbocycles. The average Bonchev–Trinajstić information content (AvgIpc) is 3.63. The van der Waals surface area contributed by atoms with Crippen LogP contribution in [0.2, 0.25) is 0 Å². The summed E-state index contributed by atoms with van der Waals surface area (Å²) in [6, 6.07) is 22.6. The molecule has 0 saturated carbocycles. The molecule has 44 heavy (non-hydrogen) atoms. The van der Waals surface area contributed by atoms with Gasteiger partial charge in [0, 0.05) is 47.0 Å². The van der Waals surface area contributed by atoms with Crippen LogP contribution in [0.4, 0.5) is 0 Å². The van der Waals surface area contributed by atoms with Gasteiger partial charge in [0.15, 0.2) is 11.6 Å². The van der Waals surface area contributed by atoms with E-state index in [0.29, 0.717) is 45.9 Å². The molecule has 0 saturated heterocycles. The fraction of sp³-hybridized carbons (Fsp3) is 0.0667. The molecule has 0 aliphatic rings. The van der Waals surface area contributed by atoms with Gasteiger partial charge in [0.05, 0.1) is 12.4 Å². The highest BCUT2D eigenvalue weighted by atomic mass is 32.1. The van der Waals surface area contributed by atoms with E-state index in [2.05, 4.69) is 40.6 Å². The van der Waals surface area contributed by atoms with Gasteiger partial charge in [-0.05, 0) is 73.0 Å². The van der Waals surface area contributed by atoms with Gasteiger partial charge in [0.1, 0.15) is 24.7 Å². The molecule has 12 nitrogen and oxygen atoms in total. The van der Waals surface area contributed by atoms with Crippen molar-refractivity contribution in [3.8, 4) is 34.3 Å². The van der Waals surface area contributed by atoms with Gasteiger partial charge < -0.3 is 9.47 Å². The zero-order valence-corrected chi connectivity index (χ0v) is 24.7. The van der Waals surface area contributed by atoms with E-state index in [4.69, 9.17) is 33.9 Å². The van der Waals surface area contributed by atoms with Gasteiger partial charge in [-0.3, -0.25) is 9.97 Å². The topological polar surface area (TPSA) is 136 Å². The van der Waals surface area contributed by atoms with E-state index in [-0.39, 0.29) is 0 Å². The number of hydrogen-bond acceptors (Lipinski definition) is 10. The van der Waals surface area contributed by atoms with Crippen LogP contribution in [0.15, 0.2) is 108 Å². The first kappa shape index (κ1) is 28.5. The Hall–Kier alpha value is -5.60. The van der Waals surface area contributed by atoms with Crippen LogP contribution < -0.4 is 9.47 Å². The van der Waals surface area contributed by atoms with Crippen molar-refractivity contribution in [3.05, 3.63) is 118 Å². The first-order valence-corrected chi connectivity index (χ1v) is 14.2. The minimum atomic E-state index is 0.292. The Bertz CT molecular complexity index is 1890. The van der Waals surface area contributed by atoms with Crippen LogP contribution in [-0.4, -0.2) is 65.4 Å². The highest BCUT2D eigenvalue weighted by molar-refractivity contribution is 7.71. The first-order chi connectivity index (χ1) is 21.7. The van der Waals surface area contributed by atoms with Gasteiger partial charge in [-0.25, -0.2) is 10.2 Å². The van der Waals surface area contributed by atoms with E-state index in [1.54, 1.807) is 46.6 Å². The summed E-state index contributed by atoms with van der Waals surface area (Å²) in [6.07, 6.45) is 10.1. The summed E-state index contributed by atoms with van der Waals surface area (Å²) in [5.74, 6) is 2.39. The van der Waals surface area contributed by atoms with Crippen molar-refractivity contribution in [1.29, 1.82) is 0 Å². The van der Waals surface area contributed by atoms with Crippen LogP contribution in [0.25, 0.3) is 22.8 Å². The first-order valence-electron chi connectivity index (χ1n) is 13.4. The van der Waals surface area contributed by atoms with E-state index in [1.807, 2.05) is 72.8 Å². The molecule has 0 atom stereocenters. The Morgan fingerprint density at radius 2 is 1.09 bits per heavy atom. The maximum Gasteiger partial charge on any atom is 0.216 e. The third kappa shape index (κ3) is 6.56. The van der Waals surface area contributed by atoms with Gasteiger partial charge in [-0.1, -0.05) is 24.3 Å². The fourth-order valence-electron chi connectivity index (χ4n) is 4.14. The minimum absolute atomic E-state index is 0.292. The third-order valence-electron chi connectivity index (χ3n) is 6.20. The Kier molecular flexibility index (Phi) is 8.80. The molecule has 6 rings (SSSR count). The Morgan fingerprint density at radius 3 is 1.52 bits per heavy atom. The van der Waals surface area contributed by atoms with Gasteiger partial charge >= 0.3 is 0 Å². The van der Waals surface area contributed by atoms with Crippen LogP contribution in [0.5, 0.6) is 11.5 Å². The monoisotopic (exact) mass is 620 g/mol. The second-order valence-electron chi connectivity index (χ2n) is 9.07. The van der Waals surface area contributed by atoms with Crippen LogP contribution in [0.1, 0.15) is 11.1 Å². The molecule has 0 bridgehead atoms. The molecule has 4 aromatic heterocycles. The summed E-state index contributed by atoms with van der Waals surface area (Å²) in [4.78, 5) is 8.30. The van der Waals surface area contributed by atoms with Crippen molar-refractivity contribution in [1.82, 2.24) is 39.7 Å². The Labute approximate surface area is 261 Å². The van der Waals surface area contributed by atoms with Crippen molar-refractivity contribution in [2.24, 2.45) is 10.2 Å². The second-order valence-corrected chi connectivity index (χ2v) is 9.85. The van der Waals surface area contributed by atoms with Crippen molar-refractivity contribution < 1.29 is 9.47 Å². The van der Waals surface area contributed by atoms with E-state index < -0.39 is 0 Å². The highest BCUT2D eigenvalue weighted by Gasteiger charge is 2.10. The third-order valence-corrected chi connectivity index (χ3v) is 6.73. The molecule has 0 spiro atoms. The van der Waals surface area contributed by atoms with Crippen molar-refractivity contribution in [3.63, 3.8) is 0 Å². The molecule has 0 fully saturated rings. The van der Waals surface area contributed by atoms with E-state index in [0.717, 1.165) is 22.3 Å². The number of aromatic nitrogens is 8. The predicted octanol–water partition coefficient (Wildman–Crippen LogP) is 5.54. The maximum absolute atomic E-state index is 6.06. The van der Waals surface area contributed by atoms with Crippen molar-refractivity contribution >= 4 is 36.9 Å². The number of benzene rings is 2. The molecule has 14 heteroatoms. The molecule has 0 aliphatic carbocycles. The molecule has 0 amide bonds. The van der Waals surface area contributed by atoms with Gasteiger partial charge in [0.25, 0.3) is 0 Å². The molecule has 0 radical (unpaired) electrons. The number of ether oxygens (including phenoxy) is 2. The van der Waals surface area contributed by atoms with Crippen molar-refractivity contribution in [2.45, 2.75) is 0 Å². The fourth-order valence-corrected chi connectivity index (χ4v) is 4.50. The molecule has 4 heterocycles. The zero-order valence-electron chi connectivity index (χ0n) is 23.0. The van der Waals surface area contributed by atoms with Crippen LogP contribution >= 0.6 is 24.4 Å². The SMILES string of the molecule is S=c1[nH]nc(-c2cccnc2)n1/N=C\c1ccccc1OCCOc1ccccc1/C=N\n1c(-c2cccnc2)n[nH]c1=S. The molecular weight excluding hydrogens is 597 g/mol. The zero-order chi connectivity index (χ0) is 30.1. The summed E-state index contributed by atoms with van der Waals surface area (Å²) in [5.41, 5.74) is 3.10. The number of para-hydroxylation sites is 2. The average molecular weight is 621 g/mol. The number of nitrogens with zero attached hydrogens (tertiary/aromatic N) is 8. The van der Waals surface area contributed by atoms with Gasteiger partial charge in [-0.2, -0.15) is 29.8 Å². The largest absolute Gasteiger partial charge is 0.489 e. The standard InChI is InChI=1S/C30H24N10O2S2/c43-29-37-35-27(23-9-5-13-31-17-23)39(29)33-19-21-7-1-3-11-25(21)41-15-16-42-26-12-4-2-8-22(26)20-34-40-28(36-38-30(40)44)24-10-6-14-32-18-24/h1-14,17-20H,15-16H2,(H,37,43)(H,38,44)/b33-19-,34-20-. The lowest BCUT2D eigenvalue weighted by Crippen LogP contribution is -2.11. The van der Waals surface area contributed by atoms with Crippen LogP contribution in [-0.2, 0) is 0 Å². The van der Waals surface area contributed by atoms with Crippen LogP contribution in [0, 0.1) is 9.54 Å².